The third-order valence-corrected chi connectivity index (χ3v) is 4.03. The quantitative estimate of drug-likeness (QED) is 0.660. The van der Waals surface area contributed by atoms with Crippen LogP contribution in [-0.2, 0) is 6.54 Å². The van der Waals surface area contributed by atoms with Crippen molar-refractivity contribution in [2.24, 2.45) is 0 Å². The van der Waals surface area contributed by atoms with Crippen molar-refractivity contribution in [3.63, 3.8) is 0 Å². The van der Waals surface area contributed by atoms with E-state index in [9.17, 15) is 9.59 Å². The lowest BCUT2D eigenvalue weighted by molar-refractivity contribution is 0.0951. The molecule has 6 heteroatoms. The molecule has 2 aromatic carbocycles. The van der Waals surface area contributed by atoms with Gasteiger partial charge in [0.05, 0.1) is 23.4 Å². The van der Waals surface area contributed by atoms with Crippen LogP contribution in [0.25, 0.3) is 0 Å². The van der Waals surface area contributed by atoms with E-state index in [1.165, 1.54) is 0 Å². The van der Waals surface area contributed by atoms with Crippen LogP contribution in [0.4, 0.5) is 5.69 Å². The number of rotatable bonds is 7. The molecule has 3 rings (SSSR count). The fourth-order valence-corrected chi connectivity index (χ4v) is 2.70. The number of benzene rings is 2. The van der Waals surface area contributed by atoms with E-state index in [1.807, 2.05) is 25.1 Å². The minimum Gasteiger partial charge on any atom is -0.493 e. The van der Waals surface area contributed by atoms with E-state index in [2.05, 4.69) is 15.6 Å². The molecule has 0 radical (unpaired) electrons. The summed E-state index contributed by atoms with van der Waals surface area (Å²) in [6.45, 7) is 2.66. The number of carbonyl (C=O) groups is 2. The summed E-state index contributed by atoms with van der Waals surface area (Å²) < 4.78 is 5.52. The van der Waals surface area contributed by atoms with Gasteiger partial charge in [0.1, 0.15) is 5.75 Å². The lowest BCUT2D eigenvalue weighted by Crippen LogP contribution is -2.25. The Morgan fingerprint density at radius 2 is 1.68 bits per heavy atom. The van der Waals surface area contributed by atoms with E-state index in [0.717, 1.165) is 5.56 Å². The predicted octanol–water partition coefficient (Wildman–Crippen LogP) is 3.66. The number of hydrogen-bond donors (Lipinski definition) is 2. The third kappa shape index (κ3) is 4.73. The summed E-state index contributed by atoms with van der Waals surface area (Å²) in [4.78, 5) is 29.4. The molecule has 0 aliphatic carbocycles. The zero-order chi connectivity index (χ0) is 19.8. The zero-order valence-corrected chi connectivity index (χ0v) is 15.5. The molecule has 0 aliphatic rings. The molecule has 0 spiro atoms. The van der Waals surface area contributed by atoms with E-state index in [0.29, 0.717) is 35.7 Å². The highest BCUT2D eigenvalue weighted by Crippen LogP contribution is 2.21. The summed E-state index contributed by atoms with van der Waals surface area (Å²) in [5.74, 6) is -0.115. The molecule has 2 amide bonds. The number of anilines is 1. The molecule has 6 nitrogen and oxygen atoms in total. The van der Waals surface area contributed by atoms with Crippen molar-refractivity contribution >= 4 is 17.5 Å². The lowest BCUT2D eigenvalue weighted by atomic mass is 10.1. The topological polar surface area (TPSA) is 80.3 Å². The van der Waals surface area contributed by atoms with Gasteiger partial charge in [-0.15, -0.1) is 0 Å². The molecule has 2 N–H and O–H groups in total. The monoisotopic (exact) mass is 375 g/mol. The number of nitrogens with zero attached hydrogens (tertiary/aromatic N) is 1. The Bertz CT molecular complexity index is 958. The fraction of sp³-hybridized carbons (Fsp3) is 0.136. The summed E-state index contributed by atoms with van der Waals surface area (Å²) in [6.07, 6.45) is 3.37. The molecule has 0 atom stereocenters. The van der Waals surface area contributed by atoms with Gasteiger partial charge in [0.25, 0.3) is 11.8 Å². The van der Waals surface area contributed by atoms with Crippen LogP contribution in [0.1, 0.15) is 33.2 Å². The average Bonchev–Trinajstić information content (AvgIpc) is 2.74. The van der Waals surface area contributed by atoms with Gasteiger partial charge in [-0.05, 0) is 42.8 Å². The van der Waals surface area contributed by atoms with Crippen LogP contribution in [0.5, 0.6) is 5.75 Å². The summed E-state index contributed by atoms with van der Waals surface area (Å²) >= 11 is 0. The number of hydrogen-bond acceptors (Lipinski definition) is 4. The van der Waals surface area contributed by atoms with Gasteiger partial charge in [-0.2, -0.15) is 0 Å². The van der Waals surface area contributed by atoms with Gasteiger partial charge < -0.3 is 15.4 Å². The molecule has 3 aromatic rings. The smallest absolute Gasteiger partial charge is 0.259 e. The van der Waals surface area contributed by atoms with Crippen LogP contribution in [0.15, 0.2) is 73.1 Å². The van der Waals surface area contributed by atoms with Crippen LogP contribution < -0.4 is 15.4 Å². The molecular formula is C22H21N3O3. The maximum atomic E-state index is 12.7. The standard InChI is InChI=1S/C22H21N3O3/c1-2-28-20-12-6-4-10-18(20)22(27)25-19-11-5-3-9-17(19)21(26)24-15-16-8-7-13-23-14-16/h3-14H,2,15H2,1H3,(H,24,26)(H,25,27). The lowest BCUT2D eigenvalue weighted by Gasteiger charge is -2.13. The Kier molecular flexibility index (Phi) is 6.36. The second kappa shape index (κ2) is 9.32. The first-order valence-corrected chi connectivity index (χ1v) is 8.98. The maximum Gasteiger partial charge on any atom is 0.259 e. The normalized spacial score (nSPS) is 10.2. The molecule has 1 heterocycles. The number of pyridine rings is 1. The second-order valence-electron chi connectivity index (χ2n) is 5.97. The number of amides is 2. The molecule has 0 aliphatic heterocycles. The first-order valence-electron chi connectivity index (χ1n) is 8.98. The van der Waals surface area contributed by atoms with E-state index >= 15 is 0 Å². The van der Waals surface area contributed by atoms with Crippen molar-refractivity contribution in [1.29, 1.82) is 0 Å². The largest absolute Gasteiger partial charge is 0.493 e. The summed E-state index contributed by atoms with van der Waals surface area (Å²) in [5.41, 5.74) is 2.12. The van der Waals surface area contributed by atoms with Crippen LogP contribution in [0, 0.1) is 0 Å². The van der Waals surface area contributed by atoms with Gasteiger partial charge in [0.15, 0.2) is 0 Å². The van der Waals surface area contributed by atoms with Crippen molar-refractivity contribution in [3.05, 3.63) is 89.7 Å². The minimum atomic E-state index is -0.337. The molecule has 0 saturated carbocycles. The molecule has 0 saturated heterocycles. The Labute approximate surface area is 163 Å². The highest BCUT2D eigenvalue weighted by Gasteiger charge is 2.16. The Morgan fingerprint density at radius 1 is 0.929 bits per heavy atom. The van der Waals surface area contributed by atoms with Crippen LogP contribution in [-0.4, -0.2) is 23.4 Å². The SMILES string of the molecule is CCOc1ccccc1C(=O)Nc1ccccc1C(=O)NCc1cccnc1. The third-order valence-electron chi connectivity index (χ3n) is 4.03. The van der Waals surface area contributed by atoms with Gasteiger partial charge in [0.2, 0.25) is 0 Å². The van der Waals surface area contributed by atoms with Gasteiger partial charge >= 0.3 is 0 Å². The summed E-state index contributed by atoms with van der Waals surface area (Å²) in [5, 5.41) is 5.66. The predicted molar refractivity (Wildman–Crippen MR) is 107 cm³/mol. The van der Waals surface area contributed by atoms with Crippen LogP contribution in [0.3, 0.4) is 0 Å². The van der Waals surface area contributed by atoms with E-state index in [4.69, 9.17) is 4.74 Å². The Hall–Kier alpha value is -3.67. The molecule has 28 heavy (non-hydrogen) atoms. The highest BCUT2D eigenvalue weighted by atomic mass is 16.5. The van der Waals surface area contributed by atoms with Gasteiger partial charge in [-0.3, -0.25) is 14.6 Å². The van der Waals surface area contributed by atoms with E-state index < -0.39 is 0 Å². The fourth-order valence-electron chi connectivity index (χ4n) is 2.70. The van der Waals surface area contributed by atoms with Crippen molar-refractivity contribution in [2.75, 3.05) is 11.9 Å². The molecule has 142 valence electrons. The number of carbonyl (C=O) groups excluding carboxylic acids is 2. The minimum absolute atomic E-state index is 0.280. The molecule has 0 bridgehead atoms. The first kappa shape index (κ1) is 19.1. The number of aromatic nitrogens is 1. The van der Waals surface area contributed by atoms with Crippen molar-refractivity contribution in [1.82, 2.24) is 10.3 Å². The molecule has 1 aromatic heterocycles. The number of para-hydroxylation sites is 2. The zero-order valence-electron chi connectivity index (χ0n) is 15.5. The van der Waals surface area contributed by atoms with Crippen LogP contribution >= 0.6 is 0 Å². The number of nitrogens with one attached hydrogen (secondary N) is 2. The van der Waals surface area contributed by atoms with E-state index in [1.54, 1.807) is 54.9 Å². The number of ether oxygens (including phenoxy) is 1. The Morgan fingerprint density at radius 3 is 2.43 bits per heavy atom. The second-order valence-corrected chi connectivity index (χ2v) is 5.97. The van der Waals surface area contributed by atoms with Gasteiger partial charge in [-0.1, -0.05) is 30.3 Å². The highest BCUT2D eigenvalue weighted by molar-refractivity contribution is 6.10. The van der Waals surface area contributed by atoms with Crippen LogP contribution in [0.2, 0.25) is 0 Å². The summed E-state index contributed by atoms with van der Waals surface area (Å²) in [7, 11) is 0. The van der Waals surface area contributed by atoms with Crippen molar-refractivity contribution in [2.45, 2.75) is 13.5 Å². The van der Waals surface area contributed by atoms with E-state index in [-0.39, 0.29) is 11.8 Å². The van der Waals surface area contributed by atoms with Crippen molar-refractivity contribution in [3.8, 4) is 5.75 Å². The summed E-state index contributed by atoms with van der Waals surface area (Å²) in [6, 6.07) is 17.6. The maximum absolute atomic E-state index is 12.7. The van der Waals surface area contributed by atoms with Gasteiger partial charge in [0, 0.05) is 18.9 Å². The first-order chi connectivity index (χ1) is 13.7. The Balaban J connectivity index is 1.75. The molecule has 0 unspecified atom stereocenters. The van der Waals surface area contributed by atoms with Gasteiger partial charge in [-0.25, -0.2) is 0 Å². The van der Waals surface area contributed by atoms with Crippen molar-refractivity contribution < 1.29 is 14.3 Å². The average molecular weight is 375 g/mol. The molecular weight excluding hydrogens is 354 g/mol. The molecule has 0 fully saturated rings.